The third kappa shape index (κ3) is 3.40. The maximum Gasteiger partial charge on any atom is 0.181 e. The largest absolute Gasteiger partial charge is 0.504 e. The highest BCUT2D eigenvalue weighted by Gasteiger charge is 2.51. The van der Waals surface area contributed by atoms with E-state index in [-0.39, 0.29) is 47.0 Å². The van der Waals surface area contributed by atoms with Crippen LogP contribution in [0.1, 0.15) is 50.0 Å². The van der Waals surface area contributed by atoms with Crippen LogP contribution in [0.3, 0.4) is 0 Å². The van der Waals surface area contributed by atoms with Crippen LogP contribution in [0.2, 0.25) is 0 Å². The van der Waals surface area contributed by atoms with Crippen LogP contribution in [0.25, 0.3) is 0 Å². The summed E-state index contributed by atoms with van der Waals surface area (Å²) in [6.07, 6.45) is 2.92. The Bertz CT molecular complexity index is 991. The molecule has 0 spiro atoms. The lowest BCUT2D eigenvalue weighted by molar-refractivity contribution is -0.124. The first-order valence-electron chi connectivity index (χ1n) is 9.89. The third-order valence-corrected chi connectivity index (χ3v) is 5.86. The van der Waals surface area contributed by atoms with E-state index >= 15 is 0 Å². The summed E-state index contributed by atoms with van der Waals surface area (Å²) in [5.74, 6) is -1.88. The smallest absolute Gasteiger partial charge is 0.181 e. The van der Waals surface area contributed by atoms with Crippen molar-refractivity contribution < 1.29 is 29.3 Å². The van der Waals surface area contributed by atoms with Gasteiger partial charge in [-0.15, -0.1) is 6.58 Å². The van der Waals surface area contributed by atoms with Gasteiger partial charge in [0, 0.05) is 22.6 Å². The molecule has 0 fully saturated rings. The molecule has 2 atom stereocenters. The predicted octanol–water partition coefficient (Wildman–Crippen LogP) is 4.25. The summed E-state index contributed by atoms with van der Waals surface area (Å²) >= 11 is 0. The molecule has 0 radical (unpaired) electrons. The van der Waals surface area contributed by atoms with E-state index in [1.165, 1.54) is 13.2 Å². The first-order chi connectivity index (χ1) is 14.0. The van der Waals surface area contributed by atoms with Gasteiger partial charge in [0.1, 0.15) is 23.5 Å². The van der Waals surface area contributed by atoms with Crippen LogP contribution in [0.15, 0.2) is 41.7 Å². The second-order valence-electron chi connectivity index (χ2n) is 8.57. The molecular formula is C24H28O6. The van der Waals surface area contributed by atoms with Gasteiger partial charge in [-0.05, 0) is 20.3 Å². The van der Waals surface area contributed by atoms with Gasteiger partial charge in [-0.25, -0.2) is 0 Å². The highest BCUT2D eigenvalue weighted by molar-refractivity contribution is 6.15. The monoisotopic (exact) mass is 412 g/mol. The number of carbonyl (C=O) groups excluding carboxylic acids is 2. The molecule has 2 unspecified atom stereocenters. The van der Waals surface area contributed by atoms with Crippen LogP contribution in [0.4, 0.5) is 0 Å². The lowest BCUT2D eigenvalue weighted by atomic mass is 9.68. The number of methoxy groups -OCH3 is 1. The summed E-state index contributed by atoms with van der Waals surface area (Å²) < 4.78 is 11.7. The Hall–Kier alpha value is -3.02. The van der Waals surface area contributed by atoms with Gasteiger partial charge in [0.05, 0.1) is 19.1 Å². The fraction of sp³-hybridized carbons (Fsp3) is 0.417. The van der Waals surface area contributed by atoms with Crippen molar-refractivity contribution in [1.29, 1.82) is 0 Å². The zero-order valence-corrected chi connectivity index (χ0v) is 18.0. The molecule has 0 saturated carbocycles. The number of allylic oxidation sites excluding steroid dienone is 4. The number of fused-ring (bicyclic) bond motifs is 2. The third-order valence-electron chi connectivity index (χ3n) is 5.86. The lowest BCUT2D eigenvalue weighted by Crippen LogP contribution is -2.49. The molecule has 0 saturated heterocycles. The first-order valence-corrected chi connectivity index (χ1v) is 9.89. The predicted molar refractivity (Wildman–Crippen MR) is 113 cm³/mol. The standard InChI is InChI=1S/C24H28O6/c1-7-24(4,5)20-17(29-6)10-14(25)19-22(28)18-13(9-8-12(2)3)21(27)15(26)11-16(18)30-23(19)20/h7-8,11,19,23,26-27H,1,9-10H2,2-6H3. The number of Topliss-reactive ketones (excluding diaryl/α,β-unsaturated/α-hetero) is 2. The second kappa shape index (κ2) is 7.67. The van der Waals surface area contributed by atoms with E-state index in [9.17, 15) is 19.8 Å². The minimum atomic E-state index is -1.04. The van der Waals surface area contributed by atoms with Crippen molar-refractivity contribution in [3.05, 3.63) is 52.8 Å². The van der Waals surface area contributed by atoms with Crippen molar-refractivity contribution in [2.24, 2.45) is 11.3 Å². The van der Waals surface area contributed by atoms with Crippen molar-refractivity contribution in [3.63, 3.8) is 0 Å². The zero-order chi connectivity index (χ0) is 22.4. The van der Waals surface area contributed by atoms with E-state index in [1.807, 2.05) is 33.8 Å². The molecule has 2 aliphatic rings. The van der Waals surface area contributed by atoms with E-state index in [0.717, 1.165) is 5.57 Å². The number of aromatic hydroxyl groups is 2. The first kappa shape index (κ1) is 21.7. The Labute approximate surface area is 176 Å². The number of benzene rings is 1. The van der Waals surface area contributed by atoms with E-state index < -0.39 is 23.2 Å². The lowest BCUT2D eigenvalue weighted by Gasteiger charge is -2.42. The van der Waals surface area contributed by atoms with E-state index in [2.05, 4.69) is 6.58 Å². The number of ketones is 2. The molecule has 30 heavy (non-hydrogen) atoms. The summed E-state index contributed by atoms with van der Waals surface area (Å²) in [4.78, 5) is 26.5. The Balaban J connectivity index is 2.24. The number of rotatable bonds is 5. The van der Waals surface area contributed by atoms with E-state index in [0.29, 0.717) is 11.3 Å². The van der Waals surface area contributed by atoms with Crippen molar-refractivity contribution >= 4 is 11.6 Å². The van der Waals surface area contributed by atoms with Gasteiger partial charge in [0.2, 0.25) is 0 Å². The summed E-state index contributed by atoms with van der Waals surface area (Å²) in [6, 6.07) is 1.23. The molecule has 160 valence electrons. The highest BCUT2D eigenvalue weighted by Crippen LogP contribution is 2.49. The molecule has 6 nitrogen and oxygen atoms in total. The molecule has 6 heteroatoms. The molecule has 0 bridgehead atoms. The normalized spacial score (nSPS) is 20.8. The average Bonchev–Trinajstić information content (AvgIpc) is 2.67. The number of hydrogen-bond donors (Lipinski definition) is 2. The van der Waals surface area contributed by atoms with Crippen LogP contribution < -0.4 is 4.74 Å². The van der Waals surface area contributed by atoms with Gasteiger partial charge in [-0.2, -0.15) is 0 Å². The number of phenolic OH excluding ortho intramolecular Hbond substituents is 2. The summed E-state index contributed by atoms with van der Waals surface area (Å²) in [7, 11) is 1.49. The van der Waals surface area contributed by atoms with Gasteiger partial charge < -0.3 is 19.7 Å². The summed E-state index contributed by atoms with van der Waals surface area (Å²) in [6.45, 7) is 11.5. The molecular weight excluding hydrogens is 384 g/mol. The fourth-order valence-electron chi connectivity index (χ4n) is 4.13. The number of phenols is 2. The molecule has 2 N–H and O–H groups in total. The zero-order valence-electron chi connectivity index (χ0n) is 18.0. The molecule has 1 heterocycles. The minimum absolute atomic E-state index is 0.0118. The molecule has 1 aliphatic heterocycles. The van der Waals surface area contributed by atoms with Gasteiger partial charge in [-0.1, -0.05) is 31.6 Å². The van der Waals surface area contributed by atoms with Crippen molar-refractivity contribution in [2.75, 3.05) is 7.11 Å². The summed E-state index contributed by atoms with van der Waals surface area (Å²) in [5, 5.41) is 20.7. The van der Waals surface area contributed by atoms with Crippen molar-refractivity contribution in [1.82, 2.24) is 0 Å². The van der Waals surface area contributed by atoms with Gasteiger partial charge in [0.25, 0.3) is 0 Å². The van der Waals surface area contributed by atoms with Crippen LogP contribution in [-0.4, -0.2) is 35.0 Å². The Kier molecular flexibility index (Phi) is 5.54. The topological polar surface area (TPSA) is 93.1 Å². The molecule has 3 rings (SSSR count). The van der Waals surface area contributed by atoms with Crippen LogP contribution >= 0.6 is 0 Å². The van der Waals surface area contributed by atoms with Gasteiger partial charge in [0.15, 0.2) is 23.1 Å². The molecule has 1 aliphatic carbocycles. The van der Waals surface area contributed by atoms with Crippen LogP contribution in [0, 0.1) is 11.3 Å². The number of carbonyl (C=O) groups is 2. The molecule has 1 aromatic rings. The maximum absolute atomic E-state index is 13.5. The Morgan fingerprint density at radius 1 is 1.33 bits per heavy atom. The Morgan fingerprint density at radius 2 is 2.00 bits per heavy atom. The highest BCUT2D eigenvalue weighted by atomic mass is 16.5. The van der Waals surface area contributed by atoms with Crippen molar-refractivity contribution in [3.8, 4) is 17.2 Å². The van der Waals surface area contributed by atoms with E-state index in [4.69, 9.17) is 9.47 Å². The minimum Gasteiger partial charge on any atom is -0.504 e. The molecule has 0 aromatic heterocycles. The van der Waals surface area contributed by atoms with E-state index in [1.54, 1.807) is 6.08 Å². The van der Waals surface area contributed by atoms with Crippen molar-refractivity contribution in [2.45, 2.75) is 46.6 Å². The fourth-order valence-corrected chi connectivity index (χ4v) is 4.13. The quantitative estimate of drug-likeness (QED) is 0.427. The molecule has 1 aromatic carbocycles. The second-order valence-corrected chi connectivity index (χ2v) is 8.57. The summed E-state index contributed by atoms with van der Waals surface area (Å²) in [5.41, 5.74) is 1.49. The van der Waals surface area contributed by atoms with Crippen LogP contribution in [0.5, 0.6) is 17.2 Å². The SMILES string of the molecule is C=CC(C)(C)C1=C(OC)CC(=O)C2C(=O)c3c(cc(O)c(O)c3CC=C(C)C)OC12. The number of hydrogen-bond acceptors (Lipinski definition) is 6. The van der Waals surface area contributed by atoms with Gasteiger partial charge in [-0.3, -0.25) is 9.59 Å². The number of ether oxygens (including phenoxy) is 2. The van der Waals surface area contributed by atoms with Gasteiger partial charge >= 0.3 is 0 Å². The van der Waals surface area contributed by atoms with Crippen LogP contribution in [-0.2, 0) is 16.0 Å². The maximum atomic E-state index is 13.5. The average molecular weight is 412 g/mol. The molecule has 0 amide bonds. The Morgan fingerprint density at radius 3 is 2.57 bits per heavy atom.